The molecule has 342 valence electrons. The van der Waals surface area contributed by atoms with Gasteiger partial charge in [0.1, 0.15) is 36.6 Å². The van der Waals surface area contributed by atoms with E-state index in [2.05, 4.69) is 43.5 Å². The molecule has 1 aliphatic rings. The molecule has 1 fully saturated rings. The van der Waals surface area contributed by atoms with Crippen LogP contribution in [0, 0.1) is 0 Å². The molecule has 1 aliphatic heterocycles. The lowest BCUT2D eigenvalue weighted by Gasteiger charge is -2.40. The van der Waals surface area contributed by atoms with Crippen LogP contribution in [0.25, 0.3) is 0 Å². The van der Waals surface area contributed by atoms with Crippen molar-refractivity contribution >= 4 is 5.91 Å². The van der Waals surface area contributed by atoms with Crippen molar-refractivity contribution in [2.75, 3.05) is 13.2 Å². The average molecular weight is 828 g/mol. The molecule has 1 heterocycles. The van der Waals surface area contributed by atoms with Crippen molar-refractivity contribution in [3.8, 4) is 0 Å². The van der Waals surface area contributed by atoms with E-state index < -0.39 is 74.2 Å². The van der Waals surface area contributed by atoms with Crippen molar-refractivity contribution in [2.24, 2.45) is 0 Å². The fourth-order valence-corrected chi connectivity index (χ4v) is 7.49. The number of aliphatic hydroxyl groups is 7. The van der Waals surface area contributed by atoms with Crippen molar-refractivity contribution in [1.82, 2.24) is 5.32 Å². The number of aliphatic hydroxyl groups excluding tert-OH is 7. The number of amides is 1. The van der Waals surface area contributed by atoms with Crippen molar-refractivity contribution in [1.29, 1.82) is 0 Å². The first-order chi connectivity index (χ1) is 28.2. The van der Waals surface area contributed by atoms with E-state index in [9.17, 15) is 40.5 Å². The maximum Gasteiger partial charge on any atom is 0.249 e. The van der Waals surface area contributed by atoms with Gasteiger partial charge in [0.05, 0.1) is 25.4 Å². The molecule has 0 saturated carbocycles. The Morgan fingerprint density at radius 3 is 1.48 bits per heavy atom. The van der Waals surface area contributed by atoms with E-state index in [0.29, 0.717) is 12.8 Å². The number of allylic oxidation sites excluding steroid dienone is 4. The Morgan fingerprint density at radius 1 is 0.586 bits per heavy atom. The lowest BCUT2D eigenvalue weighted by atomic mass is 9.98. The van der Waals surface area contributed by atoms with Gasteiger partial charge >= 0.3 is 0 Å². The van der Waals surface area contributed by atoms with Crippen LogP contribution < -0.4 is 5.32 Å². The second-order valence-electron chi connectivity index (χ2n) is 16.8. The molecular formula is C47H89NO10. The van der Waals surface area contributed by atoms with E-state index in [4.69, 9.17) is 9.47 Å². The van der Waals surface area contributed by atoms with Crippen LogP contribution in [0.2, 0.25) is 0 Å². The van der Waals surface area contributed by atoms with E-state index in [1.165, 1.54) is 103 Å². The molecule has 0 aromatic carbocycles. The van der Waals surface area contributed by atoms with Crippen molar-refractivity contribution in [2.45, 2.75) is 255 Å². The van der Waals surface area contributed by atoms with Crippen molar-refractivity contribution in [3.05, 3.63) is 24.3 Å². The van der Waals surface area contributed by atoms with Crippen LogP contribution in [0.5, 0.6) is 0 Å². The number of carbonyl (C=O) groups excluding carboxylic acids is 1. The Morgan fingerprint density at radius 2 is 1.02 bits per heavy atom. The number of carbonyl (C=O) groups is 1. The summed E-state index contributed by atoms with van der Waals surface area (Å²) in [6.45, 7) is 3.41. The van der Waals surface area contributed by atoms with Gasteiger partial charge in [0, 0.05) is 0 Å². The number of hydrogen-bond donors (Lipinski definition) is 8. The average Bonchev–Trinajstić information content (AvgIpc) is 3.22. The number of nitrogens with one attached hydrogen (secondary N) is 1. The number of hydrogen-bond acceptors (Lipinski definition) is 10. The minimum atomic E-state index is -1.67. The van der Waals surface area contributed by atoms with Gasteiger partial charge < -0.3 is 50.5 Å². The Hall–Kier alpha value is -1.41. The summed E-state index contributed by atoms with van der Waals surface area (Å²) < 4.78 is 11.1. The lowest BCUT2D eigenvalue weighted by molar-refractivity contribution is -0.303. The van der Waals surface area contributed by atoms with Crippen LogP contribution in [-0.4, -0.2) is 110 Å². The predicted molar refractivity (Wildman–Crippen MR) is 233 cm³/mol. The Kier molecular flexibility index (Phi) is 35.2. The fraction of sp³-hybridized carbons (Fsp3) is 0.894. The molecule has 0 aromatic rings. The molecule has 58 heavy (non-hydrogen) atoms. The van der Waals surface area contributed by atoms with Crippen LogP contribution in [0.3, 0.4) is 0 Å². The van der Waals surface area contributed by atoms with Gasteiger partial charge in [-0.1, -0.05) is 160 Å². The maximum atomic E-state index is 13.1. The molecular weight excluding hydrogens is 739 g/mol. The number of ether oxygens (including phenoxy) is 2. The van der Waals surface area contributed by atoms with Gasteiger partial charge in [0.25, 0.3) is 0 Å². The molecule has 0 aliphatic carbocycles. The summed E-state index contributed by atoms with van der Waals surface area (Å²) >= 11 is 0. The SMILES string of the molecule is CCCCCCCCC/C=C/CCCC(O)C(O)C(COC1OC(CO)C(O)C(O)C1O)NC(=O)C(O)CCCCCCCC/C=C\CCCCCCCCCCC. The van der Waals surface area contributed by atoms with Crippen LogP contribution in [0.1, 0.15) is 200 Å². The molecule has 1 saturated heterocycles. The quantitative estimate of drug-likeness (QED) is 0.0224. The highest BCUT2D eigenvalue weighted by Gasteiger charge is 2.44. The van der Waals surface area contributed by atoms with Gasteiger partial charge in [-0.05, 0) is 64.2 Å². The molecule has 9 atom stereocenters. The molecule has 11 nitrogen and oxygen atoms in total. The summed E-state index contributed by atoms with van der Waals surface area (Å²) in [7, 11) is 0. The van der Waals surface area contributed by atoms with E-state index in [0.717, 1.165) is 57.8 Å². The molecule has 0 aromatic heterocycles. The van der Waals surface area contributed by atoms with E-state index >= 15 is 0 Å². The highest BCUT2D eigenvalue weighted by Crippen LogP contribution is 2.23. The second kappa shape index (κ2) is 37.4. The molecule has 0 spiro atoms. The zero-order valence-electron chi connectivity index (χ0n) is 36.8. The highest BCUT2D eigenvalue weighted by molar-refractivity contribution is 5.80. The first-order valence-electron chi connectivity index (χ1n) is 23.7. The Labute approximate surface area is 353 Å². The van der Waals surface area contributed by atoms with E-state index in [1.807, 2.05) is 0 Å². The number of rotatable bonds is 39. The second-order valence-corrected chi connectivity index (χ2v) is 16.8. The fourth-order valence-electron chi connectivity index (χ4n) is 7.49. The largest absolute Gasteiger partial charge is 0.394 e. The standard InChI is InChI=1S/C47H89NO10/c1-3-5-7-9-11-13-15-17-18-19-20-21-22-23-25-27-29-31-33-35-40(51)46(56)48-38(37-57-47-45(55)44(54)43(53)41(36-49)58-47)42(52)39(50)34-32-30-28-26-24-16-14-12-10-8-6-4-2/h20-21,26,28,38-45,47,49-55H,3-19,22-25,27,29-37H2,1-2H3,(H,48,56)/b21-20-,28-26+. The van der Waals surface area contributed by atoms with Crippen LogP contribution in [0.4, 0.5) is 0 Å². The normalized spacial score (nSPS) is 22.1. The third-order valence-electron chi connectivity index (χ3n) is 11.5. The highest BCUT2D eigenvalue weighted by atomic mass is 16.7. The van der Waals surface area contributed by atoms with Crippen LogP contribution in [0.15, 0.2) is 24.3 Å². The van der Waals surface area contributed by atoms with Gasteiger partial charge in [0.2, 0.25) is 5.91 Å². The third kappa shape index (κ3) is 26.7. The Balaban J connectivity index is 2.44. The summed E-state index contributed by atoms with van der Waals surface area (Å²) in [5.74, 6) is -0.712. The maximum absolute atomic E-state index is 13.1. The van der Waals surface area contributed by atoms with Gasteiger partial charge in [-0.2, -0.15) is 0 Å². The minimum Gasteiger partial charge on any atom is -0.394 e. The molecule has 11 heteroatoms. The van der Waals surface area contributed by atoms with Crippen LogP contribution >= 0.6 is 0 Å². The zero-order valence-corrected chi connectivity index (χ0v) is 36.8. The Bertz CT molecular complexity index is 997. The summed E-state index contributed by atoms with van der Waals surface area (Å²) in [4.78, 5) is 13.1. The van der Waals surface area contributed by atoms with Crippen LogP contribution in [-0.2, 0) is 14.3 Å². The molecule has 8 N–H and O–H groups in total. The minimum absolute atomic E-state index is 0.248. The van der Waals surface area contributed by atoms with Crippen molar-refractivity contribution < 1.29 is 50.0 Å². The summed E-state index contributed by atoms with van der Waals surface area (Å²) in [6.07, 6.45) is 29.5. The summed E-state index contributed by atoms with van der Waals surface area (Å²) in [5, 5.41) is 75.6. The molecule has 0 radical (unpaired) electrons. The summed E-state index contributed by atoms with van der Waals surface area (Å²) in [6, 6.07) is -1.18. The van der Waals surface area contributed by atoms with Gasteiger partial charge in [-0.3, -0.25) is 4.79 Å². The number of unbranched alkanes of at least 4 members (excludes halogenated alkanes) is 23. The van der Waals surface area contributed by atoms with E-state index in [1.54, 1.807) is 0 Å². The first kappa shape index (κ1) is 54.6. The van der Waals surface area contributed by atoms with Crippen molar-refractivity contribution in [3.63, 3.8) is 0 Å². The smallest absolute Gasteiger partial charge is 0.249 e. The molecule has 1 rings (SSSR count). The zero-order chi connectivity index (χ0) is 42.6. The first-order valence-corrected chi connectivity index (χ1v) is 23.7. The predicted octanol–water partition coefficient (Wildman–Crippen LogP) is 7.84. The lowest BCUT2D eigenvalue weighted by Crippen LogP contribution is -2.60. The summed E-state index contributed by atoms with van der Waals surface area (Å²) in [5.41, 5.74) is 0. The van der Waals surface area contributed by atoms with Gasteiger partial charge in [0.15, 0.2) is 6.29 Å². The molecule has 0 bridgehead atoms. The van der Waals surface area contributed by atoms with Gasteiger partial charge in [-0.25, -0.2) is 0 Å². The molecule has 9 unspecified atom stereocenters. The topological polar surface area (TPSA) is 189 Å². The van der Waals surface area contributed by atoms with Gasteiger partial charge in [-0.15, -0.1) is 0 Å². The monoisotopic (exact) mass is 828 g/mol. The molecule has 1 amide bonds. The third-order valence-corrected chi connectivity index (χ3v) is 11.5. The van der Waals surface area contributed by atoms with E-state index in [-0.39, 0.29) is 12.8 Å².